The van der Waals surface area contributed by atoms with E-state index in [0.29, 0.717) is 12.5 Å². The normalized spacial score (nSPS) is 18.1. The minimum absolute atomic E-state index is 0.135. The molecule has 0 bridgehead atoms. The molecule has 2 aromatic rings. The lowest BCUT2D eigenvalue weighted by molar-refractivity contribution is 0.193. The van der Waals surface area contributed by atoms with Crippen molar-refractivity contribution in [2.75, 3.05) is 13.2 Å². The number of thiophene rings is 2. The van der Waals surface area contributed by atoms with Gasteiger partial charge in [-0.2, -0.15) is 0 Å². The molecule has 2 nitrogen and oxygen atoms in total. The van der Waals surface area contributed by atoms with Crippen molar-refractivity contribution in [1.82, 2.24) is 4.90 Å². The maximum absolute atomic E-state index is 8.83. The van der Waals surface area contributed by atoms with Crippen molar-refractivity contribution in [3.63, 3.8) is 0 Å². The number of hydrogen-bond donors (Lipinski definition) is 1. The van der Waals surface area contributed by atoms with Crippen LogP contribution in [-0.2, 0) is 13.0 Å². The highest BCUT2D eigenvalue weighted by Crippen LogP contribution is 2.34. The number of hydrogen-bond acceptors (Lipinski definition) is 4. The number of rotatable bonds is 3. The Bertz CT molecular complexity index is 662. The average Bonchev–Trinajstić information content (AvgIpc) is 3.12. The molecule has 1 aliphatic heterocycles. The lowest BCUT2D eigenvalue weighted by Gasteiger charge is -2.33. The summed E-state index contributed by atoms with van der Waals surface area (Å²) in [5, 5.41) is 13.1. The molecule has 110 valence electrons. The van der Waals surface area contributed by atoms with E-state index in [2.05, 4.69) is 46.6 Å². The van der Waals surface area contributed by atoms with Gasteiger partial charge < -0.3 is 5.11 Å². The Morgan fingerprint density at radius 1 is 1.33 bits per heavy atom. The van der Waals surface area contributed by atoms with Gasteiger partial charge in [-0.25, -0.2) is 0 Å². The molecule has 0 radical (unpaired) electrons. The molecule has 1 unspecified atom stereocenters. The fourth-order valence-electron chi connectivity index (χ4n) is 2.75. The second-order valence-electron chi connectivity index (χ2n) is 5.23. The van der Waals surface area contributed by atoms with Crippen LogP contribution in [0.2, 0.25) is 0 Å². The van der Waals surface area contributed by atoms with E-state index in [-0.39, 0.29) is 6.61 Å². The minimum atomic E-state index is 0.135. The fraction of sp³-hybridized carbons (Fsp3) is 0.412. The van der Waals surface area contributed by atoms with Crippen LogP contribution in [-0.4, -0.2) is 23.2 Å². The third-order valence-electron chi connectivity index (χ3n) is 3.96. The van der Waals surface area contributed by atoms with Crippen LogP contribution in [0, 0.1) is 11.8 Å². The van der Waals surface area contributed by atoms with Gasteiger partial charge in [-0.05, 0) is 41.8 Å². The maximum atomic E-state index is 8.83. The Labute approximate surface area is 134 Å². The Morgan fingerprint density at radius 2 is 2.19 bits per heavy atom. The molecule has 21 heavy (non-hydrogen) atoms. The maximum Gasteiger partial charge on any atom is 0.0540 e. The first-order chi connectivity index (χ1) is 10.3. The monoisotopic (exact) mass is 317 g/mol. The lowest BCUT2D eigenvalue weighted by Crippen LogP contribution is -2.32. The molecule has 1 N–H and O–H groups in total. The standard InChI is InChI=1S/C17H19NOS2/c1-13-15-7-11-20-16(15)5-8-18(13)12-17-14(6-10-21-17)4-2-3-9-19/h6-7,10-11,13,19H,3,5,8-9,12H2,1H3. The number of aliphatic hydroxyl groups is 1. The number of aliphatic hydroxyl groups excluding tert-OH is 1. The second kappa shape index (κ2) is 6.76. The van der Waals surface area contributed by atoms with E-state index in [1.807, 2.05) is 11.3 Å². The van der Waals surface area contributed by atoms with Gasteiger partial charge in [-0.1, -0.05) is 11.8 Å². The summed E-state index contributed by atoms with van der Waals surface area (Å²) in [5.74, 6) is 6.22. The Balaban J connectivity index is 1.74. The topological polar surface area (TPSA) is 23.5 Å². The molecule has 2 aromatic heterocycles. The van der Waals surface area contributed by atoms with Crippen LogP contribution in [0.15, 0.2) is 22.9 Å². The van der Waals surface area contributed by atoms with Gasteiger partial charge in [0.2, 0.25) is 0 Å². The summed E-state index contributed by atoms with van der Waals surface area (Å²) in [6.07, 6.45) is 1.71. The molecule has 0 aromatic carbocycles. The smallest absolute Gasteiger partial charge is 0.0540 e. The van der Waals surface area contributed by atoms with E-state index in [0.717, 1.165) is 25.1 Å². The summed E-state index contributed by atoms with van der Waals surface area (Å²) < 4.78 is 0. The van der Waals surface area contributed by atoms with Crippen LogP contribution in [0.25, 0.3) is 0 Å². The molecule has 4 heteroatoms. The van der Waals surface area contributed by atoms with Crippen molar-refractivity contribution in [3.05, 3.63) is 43.8 Å². The van der Waals surface area contributed by atoms with Crippen molar-refractivity contribution in [2.24, 2.45) is 0 Å². The molecule has 1 atom stereocenters. The van der Waals surface area contributed by atoms with Gasteiger partial charge in [0.25, 0.3) is 0 Å². The van der Waals surface area contributed by atoms with Crippen molar-refractivity contribution in [1.29, 1.82) is 0 Å². The number of fused-ring (bicyclic) bond motifs is 1. The SMILES string of the molecule is CC1c2ccsc2CCN1Cc1sccc1C#CCCO. The van der Waals surface area contributed by atoms with E-state index in [9.17, 15) is 0 Å². The molecule has 0 spiro atoms. The quantitative estimate of drug-likeness (QED) is 0.873. The van der Waals surface area contributed by atoms with E-state index in [4.69, 9.17) is 5.11 Å². The van der Waals surface area contributed by atoms with Crippen LogP contribution in [0.1, 0.15) is 40.3 Å². The molecule has 0 fully saturated rings. The van der Waals surface area contributed by atoms with Crippen molar-refractivity contribution in [2.45, 2.75) is 32.4 Å². The molecule has 0 amide bonds. The van der Waals surface area contributed by atoms with Crippen molar-refractivity contribution >= 4 is 22.7 Å². The zero-order valence-electron chi connectivity index (χ0n) is 12.1. The third kappa shape index (κ3) is 3.22. The molecular formula is C17H19NOS2. The summed E-state index contributed by atoms with van der Waals surface area (Å²) in [6.45, 7) is 4.53. The highest BCUT2D eigenvalue weighted by molar-refractivity contribution is 7.10. The Kier molecular flexibility index (Phi) is 4.77. The first kappa shape index (κ1) is 14.8. The summed E-state index contributed by atoms with van der Waals surface area (Å²) in [4.78, 5) is 5.43. The predicted molar refractivity (Wildman–Crippen MR) is 89.7 cm³/mol. The largest absolute Gasteiger partial charge is 0.395 e. The molecule has 0 aliphatic carbocycles. The van der Waals surface area contributed by atoms with E-state index >= 15 is 0 Å². The highest BCUT2D eigenvalue weighted by Gasteiger charge is 2.25. The zero-order chi connectivity index (χ0) is 14.7. The minimum Gasteiger partial charge on any atom is -0.395 e. The highest BCUT2D eigenvalue weighted by atomic mass is 32.1. The van der Waals surface area contributed by atoms with Gasteiger partial charge in [0.05, 0.1) is 6.61 Å². The van der Waals surface area contributed by atoms with Gasteiger partial charge in [0, 0.05) is 40.9 Å². The third-order valence-corrected chi connectivity index (χ3v) is 5.86. The van der Waals surface area contributed by atoms with Gasteiger partial charge in [-0.15, -0.1) is 22.7 Å². The van der Waals surface area contributed by atoms with Crippen molar-refractivity contribution in [3.8, 4) is 11.8 Å². The van der Waals surface area contributed by atoms with Crippen molar-refractivity contribution < 1.29 is 5.11 Å². The second-order valence-corrected chi connectivity index (χ2v) is 7.23. The Hall–Kier alpha value is -1.12. The van der Waals surface area contributed by atoms with Crippen LogP contribution in [0.4, 0.5) is 0 Å². The van der Waals surface area contributed by atoms with E-state index in [1.54, 1.807) is 16.2 Å². The Morgan fingerprint density at radius 3 is 3.05 bits per heavy atom. The van der Waals surface area contributed by atoms with Gasteiger partial charge in [0.1, 0.15) is 0 Å². The molecule has 0 saturated heterocycles. The fourth-order valence-corrected chi connectivity index (χ4v) is 4.57. The van der Waals surface area contributed by atoms with Gasteiger partial charge in [0.15, 0.2) is 0 Å². The molecule has 3 heterocycles. The van der Waals surface area contributed by atoms with Crippen LogP contribution < -0.4 is 0 Å². The lowest BCUT2D eigenvalue weighted by atomic mass is 10.0. The predicted octanol–water partition coefficient (Wildman–Crippen LogP) is 3.66. The van der Waals surface area contributed by atoms with Crippen LogP contribution in [0.5, 0.6) is 0 Å². The molecular weight excluding hydrogens is 298 g/mol. The summed E-state index contributed by atoms with van der Waals surface area (Å²) in [7, 11) is 0. The summed E-state index contributed by atoms with van der Waals surface area (Å²) >= 11 is 3.67. The summed E-state index contributed by atoms with van der Waals surface area (Å²) in [6, 6.07) is 4.85. The first-order valence-corrected chi connectivity index (χ1v) is 9.02. The summed E-state index contributed by atoms with van der Waals surface area (Å²) in [5.41, 5.74) is 2.62. The van der Waals surface area contributed by atoms with Gasteiger partial charge >= 0.3 is 0 Å². The van der Waals surface area contributed by atoms with E-state index in [1.165, 1.54) is 10.4 Å². The molecule has 0 saturated carbocycles. The molecule has 1 aliphatic rings. The first-order valence-electron chi connectivity index (χ1n) is 7.26. The van der Waals surface area contributed by atoms with Crippen LogP contribution in [0.3, 0.4) is 0 Å². The average molecular weight is 317 g/mol. The van der Waals surface area contributed by atoms with Gasteiger partial charge in [-0.3, -0.25) is 4.90 Å². The van der Waals surface area contributed by atoms with E-state index < -0.39 is 0 Å². The number of nitrogens with zero attached hydrogens (tertiary/aromatic N) is 1. The zero-order valence-corrected chi connectivity index (χ0v) is 13.8. The van der Waals surface area contributed by atoms with Crippen LogP contribution >= 0.6 is 22.7 Å². The molecule has 3 rings (SSSR count).